The third-order valence-electron chi connectivity index (χ3n) is 6.13. The molecule has 0 aromatic heterocycles. The van der Waals surface area contributed by atoms with E-state index in [2.05, 4.69) is 31.9 Å². The van der Waals surface area contributed by atoms with Gasteiger partial charge in [-0.05, 0) is 39.0 Å². The first-order chi connectivity index (χ1) is 13.1. The Kier molecular flexibility index (Phi) is 7.35. The molecule has 3 fully saturated rings. The van der Waals surface area contributed by atoms with E-state index in [1.807, 2.05) is 0 Å². The highest BCUT2D eigenvalue weighted by molar-refractivity contribution is 5.80. The highest BCUT2D eigenvalue weighted by Gasteiger charge is 2.34. The van der Waals surface area contributed by atoms with Crippen molar-refractivity contribution in [3.8, 4) is 0 Å². The summed E-state index contributed by atoms with van der Waals surface area (Å²) in [6, 6.07) is 0. The number of carbonyl (C=O) groups excluding carboxylic acids is 1. The summed E-state index contributed by atoms with van der Waals surface area (Å²) in [5, 5.41) is 13.7. The quantitative estimate of drug-likeness (QED) is 0.548. The van der Waals surface area contributed by atoms with Gasteiger partial charge in [0.05, 0.1) is 18.7 Å². The van der Waals surface area contributed by atoms with E-state index < -0.39 is 5.60 Å². The molecular formula is C20H37N5O2. The lowest BCUT2D eigenvalue weighted by atomic mass is 9.80. The average molecular weight is 380 g/mol. The van der Waals surface area contributed by atoms with Crippen molar-refractivity contribution in [3.63, 3.8) is 0 Å². The molecule has 0 spiro atoms. The molecule has 1 aliphatic carbocycles. The number of aliphatic imine (C=N–C) groups is 1. The highest BCUT2D eigenvalue weighted by Crippen LogP contribution is 2.31. The molecule has 2 heterocycles. The van der Waals surface area contributed by atoms with Crippen molar-refractivity contribution in [3.05, 3.63) is 0 Å². The van der Waals surface area contributed by atoms with Gasteiger partial charge in [0.1, 0.15) is 0 Å². The minimum atomic E-state index is -0.581. The van der Waals surface area contributed by atoms with Crippen LogP contribution in [0.1, 0.15) is 51.9 Å². The Morgan fingerprint density at radius 1 is 0.963 bits per heavy atom. The molecule has 0 atom stereocenters. The fraction of sp³-hybridized carbons (Fsp3) is 0.900. The SMILES string of the molecule is CCNC(=NCC1(O)CCC1)N1CCN(CC(=O)N2CCCCCC2)CC1. The van der Waals surface area contributed by atoms with Crippen LogP contribution in [0.2, 0.25) is 0 Å². The summed E-state index contributed by atoms with van der Waals surface area (Å²) in [6.07, 6.45) is 7.63. The second kappa shape index (κ2) is 9.73. The lowest BCUT2D eigenvalue weighted by Crippen LogP contribution is -2.54. The Hall–Kier alpha value is -1.34. The summed E-state index contributed by atoms with van der Waals surface area (Å²) in [5.41, 5.74) is -0.581. The lowest BCUT2D eigenvalue weighted by Gasteiger charge is -2.38. The molecule has 1 saturated carbocycles. The predicted molar refractivity (Wildman–Crippen MR) is 108 cm³/mol. The number of hydrogen-bond acceptors (Lipinski definition) is 4. The van der Waals surface area contributed by atoms with Crippen LogP contribution >= 0.6 is 0 Å². The van der Waals surface area contributed by atoms with E-state index in [9.17, 15) is 9.90 Å². The lowest BCUT2D eigenvalue weighted by molar-refractivity contribution is -0.132. The van der Waals surface area contributed by atoms with Crippen LogP contribution in [0.4, 0.5) is 0 Å². The molecule has 2 N–H and O–H groups in total. The van der Waals surface area contributed by atoms with Crippen LogP contribution in [0.5, 0.6) is 0 Å². The summed E-state index contributed by atoms with van der Waals surface area (Å²) in [5.74, 6) is 1.19. The van der Waals surface area contributed by atoms with Crippen molar-refractivity contribution >= 4 is 11.9 Å². The zero-order valence-electron chi connectivity index (χ0n) is 17.0. The first kappa shape index (κ1) is 20.4. The molecule has 0 unspecified atom stereocenters. The van der Waals surface area contributed by atoms with Gasteiger partial charge in [0.2, 0.25) is 5.91 Å². The van der Waals surface area contributed by atoms with Crippen LogP contribution in [0, 0.1) is 0 Å². The van der Waals surface area contributed by atoms with Gasteiger partial charge >= 0.3 is 0 Å². The number of rotatable bonds is 5. The van der Waals surface area contributed by atoms with Gasteiger partial charge in [-0.2, -0.15) is 0 Å². The van der Waals surface area contributed by atoms with Gasteiger partial charge in [0.25, 0.3) is 0 Å². The third-order valence-corrected chi connectivity index (χ3v) is 6.13. The van der Waals surface area contributed by atoms with Crippen molar-refractivity contribution in [2.75, 3.05) is 58.9 Å². The predicted octanol–water partition coefficient (Wildman–Crippen LogP) is 0.887. The Morgan fingerprint density at radius 2 is 1.63 bits per heavy atom. The number of nitrogens with zero attached hydrogens (tertiary/aromatic N) is 4. The van der Waals surface area contributed by atoms with Crippen LogP contribution in [0.25, 0.3) is 0 Å². The average Bonchev–Trinajstić information content (AvgIpc) is 2.94. The van der Waals surface area contributed by atoms with Gasteiger partial charge in [-0.3, -0.25) is 14.7 Å². The van der Waals surface area contributed by atoms with Crippen LogP contribution < -0.4 is 5.32 Å². The van der Waals surface area contributed by atoms with Gasteiger partial charge < -0.3 is 20.2 Å². The maximum Gasteiger partial charge on any atom is 0.236 e. The topological polar surface area (TPSA) is 71.4 Å². The molecular weight excluding hydrogens is 342 g/mol. The zero-order valence-corrected chi connectivity index (χ0v) is 17.0. The second-order valence-corrected chi connectivity index (χ2v) is 8.31. The highest BCUT2D eigenvalue weighted by atomic mass is 16.3. The second-order valence-electron chi connectivity index (χ2n) is 8.31. The molecule has 154 valence electrons. The number of nitrogens with one attached hydrogen (secondary N) is 1. The smallest absolute Gasteiger partial charge is 0.236 e. The summed E-state index contributed by atoms with van der Waals surface area (Å²) in [4.78, 5) is 23.9. The van der Waals surface area contributed by atoms with Gasteiger partial charge in [0.15, 0.2) is 5.96 Å². The number of piperazine rings is 1. The Morgan fingerprint density at radius 3 is 2.19 bits per heavy atom. The van der Waals surface area contributed by atoms with Gasteiger partial charge in [-0.1, -0.05) is 12.8 Å². The van der Waals surface area contributed by atoms with Crippen LogP contribution in [0.15, 0.2) is 4.99 Å². The summed E-state index contributed by atoms with van der Waals surface area (Å²) in [7, 11) is 0. The molecule has 0 bridgehead atoms. The summed E-state index contributed by atoms with van der Waals surface area (Å²) < 4.78 is 0. The maximum atomic E-state index is 12.6. The van der Waals surface area contributed by atoms with E-state index in [4.69, 9.17) is 0 Å². The van der Waals surface area contributed by atoms with Crippen LogP contribution in [-0.2, 0) is 4.79 Å². The molecule has 3 rings (SSSR count). The Bertz CT molecular complexity index is 505. The first-order valence-corrected chi connectivity index (χ1v) is 10.9. The number of amides is 1. The molecule has 1 amide bonds. The van der Waals surface area contributed by atoms with Crippen molar-refractivity contribution < 1.29 is 9.90 Å². The van der Waals surface area contributed by atoms with E-state index in [0.717, 1.165) is 83.9 Å². The van der Waals surface area contributed by atoms with E-state index in [1.165, 1.54) is 12.8 Å². The van der Waals surface area contributed by atoms with E-state index >= 15 is 0 Å². The molecule has 2 aliphatic heterocycles. The van der Waals surface area contributed by atoms with Gasteiger partial charge in [0, 0.05) is 45.8 Å². The van der Waals surface area contributed by atoms with E-state index in [0.29, 0.717) is 13.1 Å². The maximum absolute atomic E-state index is 12.6. The van der Waals surface area contributed by atoms with Crippen molar-refractivity contribution in [2.24, 2.45) is 4.99 Å². The number of likely N-dealkylation sites (tertiary alicyclic amines) is 1. The molecule has 0 aromatic carbocycles. The first-order valence-electron chi connectivity index (χ1n) is 10.9. The fourth-order valence-corrected chi connectivity index (χ4v) is 4.12. The normalized spacial score (nSPS) is 24.3. The van der Waals surface area contributed by atoms with E-state index in [-0.39, 0.29) is 5.91 Å². The number of carbonyl (C=O) groups is 1. The van der Waals surface area contributed by atoms with Crippen LogP contribution in [-0.4, -0.2) is 96.2 Å². The molecule has 0 aromatic rings. The molecule has 7 heteroatoms. The van der Waals surface area contributed by atoms with Crippen molar-refractivity contribution in [1.82, 2.24) is 20.0 Å². The van der Waals surface area contributed by atoms with Crippen LogP contribution in [0.3, 0.4) is 0 Å². The molecule has 2 saturated heterocycles. The van der Waals surface area contributed by atoms with Gasteiger partial charge in [-0.15, -0.1) is 0 Å². The molecule has 3 aliphatic rings. The largest absolute Gasteiger partial charge is 0.388 e. The van der Waals surface area contributed by atoms with Gasteiger partial charge in [-0.25, -0.2) is 0 Å². The standard InChI is InChI=1S/C20H37N5O2/c1-2-21-19(22-17-20(27)8-7-9-20)25-14-12-23(13-15-25)16-18(26)24-10-5-3-4-6-11-24/h27H,2-17H2,1H3,(H,21,22). The van der Waals surface area contributed by atoms with Crippen molar-refractivity contribution in [1.29, 1.82) is 0 Å². The summed E-state index contributed by atoms with van der Waals surface area (Å²) >= 11 is 0. The minimum absolute atomic E-state index is 0.290. The molecule has 27 heavy (non-hydrogen) atoms. The number of aliphatic hydroxyl groups is 1. The number of guanidine groups is 1. The third kappa shape index (κ3) is 5.82. The number of hydrogen-bond donors (Lipinski definition) is 2. The zero-order chi connectivity index (χ0) is 19.1. The monoisotopic (exact) mass is 379 g/mol. The molecule has 0 radical (unpaired) electrons. The van der Waals surface area contributed by atoms with E-state index in [1.54, 1.807) is 0 Å². The Labute approximate surface area is 163 Å². The summed E-state index contributed by atoms with van der Waals surface area (Å²) in [6.45, 7) is 9.30. The Balaban J connectivity index is 1.46. The minimum Gasteiger partial charge on any atom is -0.388 e. The van der Waals surface area contributed by atoms with Crippen molar-refractivity contribution in [2.45, 2.75) is 57.5 Å². The fourth-order valence-electron chi connectivity index (χ4n) is 4.12. The molecule has 7 nitrogen and oxygen atoms in total.